The van der Waals surface area contributed by atoms with Crippen LogP contribution >= 0.6 is 23.2 Å². The van der Waals surface area contributed by atoms with Crippen LogP contribution in [-0.2, 0) is 11.2 Å². The summed E-state index contributed by atoms with van der Waals surface area (Å²) < 4.78 is 0. The van der Waals surface area contributed by atoms with E-state index < -0.39 is 4.84 Å². The van der Waals surface area contributed by atoms with E-state index in [9.17, 15) is 4.79 Å². The van der Waals surface area contributed by atoms with Crippen LogP contribution in [0.2, 0.25) is 0 Å². The quantitative estimate of drug-likeness (QED) is 0.356. The van der Waals surface area contributed by atoms with Crippen LogP contribution in [0.4, 0.5) is 0 Å². The van der Waals surface area contributed by atoms with Crippen molar-refractivity contribution in [1.29, 1.82) is 0 Å². The fourth-order valence-corrected chi connectivity index (χ4v) is 5.01. The molecule has 1 aliphatic carbocycles. The van der Waals surface area contributed by atoms with E-state index in [4.69, 9.17) is 23.2 Å². The molecule has 0 saturated carbocycles. The number of carbonyl (C=O) groups excluding carboxylic acids is 1. The zero-order valence-corrected chi connectivity index (χ0v) is 16.4. The van der Waals surface area contributed by atoms with Crippen molar-refractivity contribution in [2.24, 2.45) is 5.92 Å². The van der Waals surface area contributed by atoms with Crippen molar-refractivity contribution < 1.29 is 4.79 Å². The van der Waals surface area contributed by atoms with Crippen LogP contribution in [0, 0.1) is 5.92 Å². The van der Waals surface area contributed by atoms with Crippen LogP contribution in [0.3, 0.4) is 0 Å². The molecular formula is C23H22Cl2O. The summed E-state index contributed by atoms with van der Waals surface area (Å²) in [5.41, 5.74) is 2.71. The van der Waals surface area contributed by atoms with Crippen molar-refractivity contribution in [3.05, 3.63) is 59.7 Å². The SMILES string of the molecule is CCCC1c2ccc3c(ccc4ccccc43)c2CCC1C(=O)C(Cl)Cl. The average Bonchev–Trinajstić information content (AvgIpc) is 2.67. The lowest BCUT2D eigenvalue weighted by Gasteiger charge is -2.34. The summed E-state index contributed by atoms with van der Waals surface area (Å²) in [5, 5.41) is 5.18. The molecule has 0 aliphatic heterocycles. The van der Waals surface area contributed by atoms with Gasteiger partial charge in [0, 0.05) is 5.92 Å². The van der Waals surface area contributed by atoms with Crippen LogP contribution < -0.4 is 0 Å². The first-order valence-corrected chi connectivity index (χ1v) is 10.2. The fraction of sp³-hybridized carbons (Fsp3) is 0.348. The predicted octanol–water partition coefficient (Wildman–Crippen LogP) is 6.81. The molecule has 2 unspecified atom stereocenters. The Morgan fingerprint density at radius 2 is 1.81 bits per heavy atom. The molecule has 3 aromatic carbocycles. The third-order valence-electron chi connectivity index (χ3n) is 5.84. The predicted molar refractivity (Wildman–Crippen MR) is 111 cm³/mol. The third-order valence-corrected chi connectivity index (χ3v) is 6.27. The molecule has 0 amide bonds. The molecule has 0 aromatic heterocycles. The molecule has 2 atom stereocenters. The Balaban J connectivity index is 1.89. The summed E-state index contributed by atoms with van der Waals surface area (Å²) in [4.78, 5) is 11.6. The smallest absolute Gasteiger partial charge is 0.169 e. The Morgan fingerprint density at radius 3 is 2.58 bits per heavy atom. The summed E-state index contributed by atoms with van der Waals surface area (Å²) in [6.45, 7) is 2.17. The second-order valence-electron chi connectivity index (χ2n) is 7.26. The van der Waals surface area contributed by atoms with Crippen molar-refractivity contribution in [3.8, 4) is 0 Å². The van der Waals surface area contributed by atoms with E-state index >= 15 is 0 Å². The van der Waals surface area contributed by atoms with E-state index in [-0.39, 0.29) is 17.6 Å². The summed E-state index contributed by atoms with van der Waals surface area (Å²) in [6, 6.07) is 17.4. The monoisotopic (exact) mass is 384 g/mol. The first-order valence-electron chi connectivity index (χ1n) is 9.37. The van der Waals surface area contributed by atoms with Crippen molar-refractivity contribution >= 4 is 50.5 Å². The molecule has 0 radical (unpaired) electrons. The van der Waals surface area contributed by atoms with Gasteiger partial charge in [-0.05, 0) is 57.9 Å². The number of hydrogen-bond donors (Lipinski definition) is 0. The summed E-state index contributed by atoms with van der Waals surface area (Å²) in [5.74, 6) is 0.128. The lowest BCUT2D eigenvalue weighted by atomic mass is 9.70. The molecular weight excluding hydrogens is 363 g/mol. The number of Topliss-reactive ketones (excluding diaryl/α,β-unsaturated/α-hetero) is 1. The Labute approximate surface area is 164 Å². The van der Waals surface area contributed by atoms with Gasteiger partial charge in [-0.2, -0.15) is 0 Å². The summed E-state index contributed by atoms with van der Waals surface area (Å²) >= 11 is 11.9. The molecule has 134 valence electrons. The maximum absolute atomic E-state index is 12.6. The first kappa shape index (κ1) is 17.8. The molecule has 3 aromatic rings. The number of halogens is 2. The number of rotatable bonds is 4. The minimum absolute atomic E-state index is 0.0176. The lowest BCUT2D eigenvalue weighted by Crippen LogP contribution is -2.31. The molecule has 3 heteroatoms. The van der Waals surface area contributed by atoms with E-state index in [1.165, 1.54) is 32.7 Å². The Morgan fingerprint density at radius 1 is 1.04 bits per heavy atom. The Bertz CT molecular complexity index is 977. The molecule has 0 spiro atoms. The number of alkyl halides is 2. The van der Waals surface area contributed by atoms with Gasteiger partial charge in [0.05, 0.1) is 0 Å². The van der Waals surface area contributed by atoms with Crippen LogP contribution in [0.5, 0.6) is 0 Å². The summed E-state index contributed by atoms with van der Waals surface area (Å²) in [6.07, 6.45) is 3.77. The van der Waals surface area contributed by atoms with E-state index in [2.05, 4.69) is 55.5 Å². The van der Waals surface area contributed by atoms with Gasteiger partial charge >= 0.3 is 0 Å². The molecule has 4 rings (SSSR count). The number of carbonyl (C=O) groups is 1. The molecule has 0 heterocycles. The second kappa shape index (κ2) is 7.21. The van der Waals surface area contributed by atoms with E-state index in [0.717, 1.165) is 25.7 Å². The van der Waals surface area contributed by atoms with Crippen molar-refractivity contribution in [2.75, 3.05) is 0 Å². The van der Waals surface area contributed by atoms with Gasteiger partial charge in [-0.15, -0.1) is 0 Å². The van der Waals surface area contributed by atoms with Gasteiger partial charge in [0.25, 0.3) is 0 Å². The largest absolute Gasteiger partial charge is 0.296 e. The molecule has 26 heavy (non-hydrogen) atoms. The van der Waals surface area contributed by atoms with Crippen LogP contribution in [0.25, 0.3) is 21.5 Å². The van der Waals surface area contributed by atoms with Gasteiger partial charge in [-0.1, -0.05) is 85.1 Å². The lowest BCUT2D eigenvalue weighted by molar-refractivity contribution is -0.122. The van der Waals surface area contributed by atoms with Gasteiger partial charge in [0.15, 0.2) is 10.6 Å². The number of ketones is 1. The first-order chi connectivity index (χ1) is 12.6. The van der Waals surface area contributed by atoms with Crippen molar-refractivity contribution in [3.63, 3.8) is 0 Å². The van der Waals surface area contributed by atoms with Gasteiger partial charge in [-0.25, -0.2) is 0 Å². The topological polar surface area (TPSA) is 17.1 Å². The fourth-order valence-electron chi connectivity index (χ4n) is 4.68. The van der Waals surface area contributed by atoms with Gasteiger partial charge in [0.2, 0.25) is 0 Å². The highest BCUT2D eigenvalue weighted by molar-refractivity contribution is 6.54. The molecule has 0 bridgehead atoms. The maximum Gasteiger partial charge on any atom is 0.169 e. The average molecular weight is 385 g/mol. The second-order valence-corrected chi connectivity index (χ2v) is 8.35. The number of benzene rings is 3. The Hall–Kier alpha value is -1.57. The van der Waals surface area contributed by atoms with Crippen molar-refractivity contribution in [2.45, 2.75) is 43.4 Å². The summed E-state index contributed by atoms with van der Waals surface area (Å²) in [7, 11) is 0. The van der Waals surface area contributed by atoms with Gasteiger partial charge in [-0.3, -0.25) is 4.79 Å². The highest BCUT2D eigenvalue weighted by Gasteiger charge is 2.36. The van der Waals surface area contributed by atoms with E-state index in [1.807, 2.05) is 0 Å². The third kappa shape index (κ3) is 2.92. The van der Waals surface area contributed by atoms with Crippen LogP contribution in [0.15, 0.2) is 48.5 Å². The standard InChI is InChI=1S/C23H22Cl2O/c1-2-5-16-19-11-10-17-15-7-4-3-6-14(15)8-9-18(17)20(19)12-13-21(16)22(26)23(24)25/h3-4,6-11,16,21,23H,2,5,12-13H2,1H3. The zero-order valence-electron chi connectivity index (χ0n) is 14.8. The number of aryl methyl sites for hydroxylation is 1. The minimum atomic E-state index is -0.926. The van der Waals surface area contributed by atoms with Crippen LogP contribution in [-0.4, -0.2) is 10.6 Å². The highest BCUT2D eigenvalue weighted by atomic mass is 35.5. The number of fused-ring (bicyclic) bond motifs is 5. The number of hydrogen-bond acceptors (Lipinski definition) is 1. The van der Waals surface area contributed by atoms with Crippen molar-refractivity contribution in [1.82, 2.24) is 0 Å². The Kier molecular flexibility index (Phi) is 4.94. The maximum atomic E-state index is 12.6. The van der Waals surface area contributed by atoms with E-state index in [0.29, 0.717) is 0 Å². The molecule has 0 saturated heterocycles. The molecule has 0 N–H and O–H groups in total. The minimum Gasteiger partial charge on any atom is -0.296 e. The highest BCUT2D eigenvalue weighted by Crippen LogP contribution is 2.44. The van der Waals surface area contributed by atoms with Gasteiger partial charge in [0.1, 0.15) is 0 Å². The van der Waals surface area contributed by atoms with Gasteiger partial charge < -0.3 is 0 Å². The molecule has 1 nitrogen and oxygen atoms in total. The molecule has 0 fully saturated rings. The zero-order chi connectivity index (χ0) is 18.3. The van der Waals surface area contributed by atoms with E-state index in [1.54, 1.807) is 0 Å². The van der Waals surface area contributed by atoms with Crippen LogP contribution in [0.1, 0.15) is 43.2 Å². The molecule has 1 aliphatic rings. The normalized spacial score (nSPS) is 19.8.